The molecule has 0 aliphatic carbocycles. The topological polar surface area (TPSA) is 73.9 Å². The highest BCUT2D eigenvalue weighted by atomic mass is 16.5. The van der Waals surface area contributed by atoms with Crippen LogP contribution in [0.2, 0.25) is 0 Å². The van der Waals surface area contributed by atoms with Gasteiger partial charge in [0.15, 0.2) is 5.82 Å². The van der Waals surface area contributed by atoms with E-state index in [1.165, 1.54) is 24.1 Å². The van der Waals surface area contributed by atoms with Gasteiger partial charge in [-0.15, -0.1) is 5.10 Å². The summed E-state index contributed by atoms with van der Waals surface area (Å²) in [5, 5.41) is 4.84. The average Bonchev–Trinajstić information content (AvgIpc) is 3.64. The van der Waals surface area contributed by atoms with Gasteiger partial charge in [-0.2, -0.15) is 0 Å². The summed E-state index contributed by atoms with van der Waals surface area (Å²) in [5.41, 5.74) is 5.13. The summed E-state index contributed by atoms with van der Waals surface area (Å²) in [5.74, 6) is 2.43. The molecule has 34 heavy (non-hydrogen) atoms. The minimum absolute atomic E-state index is 0.243. The first kappa shape index (κ1) is 20.9. The molecule has 174 valence electrons. The van der Waals surface area contributed by atoms with Crippen molar-refractivity contribution in [2.75, 3.05) is 25.1 Å². The predicted molar refractivity (Wildman–Crippen MR) is 131 cm³/mol. The molecule has 2 aliphatic heterocycles. The van der Waals surface area contributed by atoms with Crippen molar-refractivity contribution in [3.63, 3.8) is 0 Å². The van der Waals surface area contributed by atoms with Crippen molar-refractivity contribution < 1.29 is 4.74 Å². The lowest BCUT2D eigenvalue weighted by atomic mass is 9.91. The normalized spacial score (nSPS) is 17.7. The Morgan fingerprint density at radius 3 is 2.68 bits per heavy atom. The van der Waals surface area contributed by atoms with Gasteiger partial charge in [0, 0.05) is 37.4 Å². The lowest BCUT2D eigenvalue weighted by Crippen LogP contribution is -2.20. The van der Waals surface area contributed by atoms with E-state index in [-0.39, 0.29) is 5.92 Å². The number of hydrogen-bond acceptors (Lipinski definition) is 6. The second kappa shape index (κ2) is 8.59. The molecule has 3 aromatic heterocycles. The quantitative estimate of drug-likeness (QED) is 0.445. The Morgan fingerprint density at radius 1 is 1.00 bits per heavy atom. The lowest BCUT2D eigenvalue weighted by Gasteiger charge is -2.24. The molecule has 8 heteroatoms. The maximum absolute atomic E-state index is 5.60. The zero-order valence-electron chi connectivity index (χ0n) is 19.7. The third-order valence-corrected chi connectivity index (χ3v) is 6.87. The van der Waals surface area contributed by atoms with E-state index in [1.54, 1.807) is 13.4 Å². The molecule has 0 spiro atoms. The summed E-state index contributed by atoms with van der Waals surface area (Å²) >= 11 is 0. The number of imidazole rings is 1. The first-order valence-electron chi connectivity index (χ1n) is 12.1. The Kier molecular flexibility index (Phi) is 5.28. The molecule has 0 N–H and O–H groups in total. The first-order chi connectivity index (χ1) is 16.7. The molecule has 8 nitrogen and oxygen atoms in total. The summed E-state index contributed by atoms with van der Waals surface area (Å²) in [4.78, 5) is 16.5. The molecule has 6 rings (SSSR count). The van der Waals surface area contributed by atoms with Crippen LogP contribution in [-0.4, -0.2) is 49.5 Å². The van der Waals surface area contributed by atoms with E-state index in [9.17, 15) is 0 Å². The van der Waals surface area contributed by atoms with E-state index >= 15 is 0 Å². The monoisotopic (exact) mass is 455 g/mol. The van der Waals surface area contributed by atoms with Crippen LogP contribution in [-0.2, 0) is 6.54 Å². The molecule has 1 aromatic carbocycles. The van der Waals surface area contributed by atoms with Crippen molar-refractivity contribution in [2.45, 2.75) is 45.1 Å². The maximum Gasteiger partial charge on any atom is 0.238 e. The molecule has 1 atom stereocenters. The van der Waals surface area contributed by atoms with Gasteiger partial charge in [-0.1, -0.05) is 12.1 Å². The van der Waals surface area contributed by atoms with Gasteiger partial charge < -0.3 is 14.2 Å². The number of ether oxygens (including phenoxy) is 1. The number of benzene rings is 1. The SMILES string of the molecule is COc1nc(-c2nc3n(n2)CCC[C@H]3c2cccc(N3CCCC3)c2)ccc1-n1cnc(C)c1. The van der Waals surface area contributed by atoms with Gasteiger partial charge in [-0.05, 0) is 62.4 Å². The standard InChI is InChI=1S/C26H29N7O/c1-18-16-32(17-27-18)23-11-10-22(28-26(23)34-2)24-29-25-21(9-6-14-33(25)30-24)19-7-5-8-20(15-19)31-12-3-4-13-31/h5,7-8,10-11,15-17,21H,3-4,6,9,12-14H2,1-2H3/t21-/m0/s1. The van der Waals surface area contributed by atoms with E-state index in [1.807, 2.05) is 29.8 Å². The van der Waals surface area contributed by atoms with Crippen molar-refractivity contribution in [3.05, 3.63) is 66.0 Å². The molecule has 0 unspecified atom stereocenters. The Hall–Kier alpha value is -3.68. The Morgan fingerprint density at radius 2 is 1.88 bits per heavy atom. The molecule has 0 saturated carbocycles. The van der Waals surface area contributed by atoms with Crippen molar-refractivity contribution >= 4 is 5.69 Å². The van der Waals surface area contributed by atoms with E-state index in [2.05, 4.69) is 38.8 Å². The predicted octanol–water partition coefficient (Wildman–Crippen LogP) is 4.37. The number of fused-ring (bicyclic) bond motifs is 1. The molecule has 1 fully saturated rings. The summed E-state index contributed by atoms with van der Waals surface area (Å²) in [7, 11) is 1.63. The smallest absolute Gasteiger partial charge is 0.238 e. The van der Waals surface area contributed by atoms with Crippen LogP contribution >= 0.6 is 0 Å². The minimum Gasteiger partial charge on any atom is -0.479 e. The molecule has 1 saturated heterocycles. The molecule has 0 amide bonds. The average molecular weight is 456 g/mol. The minimum atomic E-state index is 0.243. The van der Waals surface area contributed by atoms with E-state index in [0.717, 1.165) is 49.7 Å². The number of anilines is 1. The molecule has 0 radical (unpaired) electrons. The Balaban J connectivity index is 1.33. The highest BCUT2D eigenvalue weighted by Crippen LogP contribution is 2.35. The number of hydrogen-bond donors (Lipinski definition) is 0. The third-order valence-electron chi connectivity index (χ3n) is 6.87. The highest BCUT2D eigenvalue weighted by molar-refractivity contribution is 5.56. The largest absolute Gasteiger partial charge is 0.479 e. The second-order valence-electron chi connectivity index (χ2n) is 9.15. The van der Waals surface area contributed by atoms with Crippen molar-refractivity contribution in [3.8, 4) is 23.1 Å². The number of methoxy groups -OCH3 is 1. The fourth-order valence-corrected chi connectivity index (χ4v) is 5.15. The van der Waals surface area contributed by atoms with E-state index < -0.39 is 0 Å². The van der Waals surface area contributed by atoms with Crippen molar-refractivity contribution in [1.29, 1.82) is 0 Å². The van der Waals surface area contributed by atoms with Crippen LogP contribution in [0.5, 0.6) is 5.88 Å². The van der Waals surface area contributed by atoms with Crippen LogP contribution in [0, 0.1) is 6.92 Å². The van der Waals surface area contributed by atoms with Crippen LogP contribution in [0.1, 0.15) is 48.7 Å². The summed E-state index contributed by atoms with van der Waals surface area (Å²) in [6.45, 7) is 5.14. The number of pyridine rings is 1. The van der Waals surface area contributed by atoms with Crippen LogP contribution in [0.3, 0.4) is 0 Å². The van der Waals surface area contributed by atoms with Gasteiger partial charge in [-0.3, -0.25) is 0 Å². The molecular weight excluding hydrogens is 426 g/mol. The van der Waals surface area contributed by atoms with Gasteiger partial charge in [0.2, 0.25) is 5.88 Å². The van der Waals surface area contributed by atoms with E-state index in [4.69, 9.17) is 19.8 Å². The molecule has 0 bridgehead atoms. The van der Waals surface area contributed by atoms with Gasteiger partial charge in [-0.25, -0.2) is 19.6 Å². The van der Waals surface area contributed by atoms with Gasteiger partial charge in [0.1, 0.15) is 17.2 Å². The van der Waals surface area contributed by atoms with Crippen molar-refractivity contribution in [1.82, 2.24) is 29.3 Å². The van der Waals surface area contributed by atoms with Crippen molar-refractivity contribution in [2.24, 2.45) is 0 Å². The molecule has 2 aliphatic rings. The Labute approximate surface area is 199 Å². The number of nitrogens with zero attached hydrogens (tertiary/aromatic N) is 7. The van der Waals surface area contributed by atoms with Gasteiger partial charge in [0.25, 0.3) is 0 Å². The first-order valence-corrected chi connectivity index (χ1v) is 12.1. The van der Waals surface area contributed by atoms with E-state index in [0.29, 0.717) is 17.4 Å². The summed E-state index contributed by atoms with van der Waals surface area (Å²) in [6, 6.07) is 12.9. The fourth-order valence-electron chi connectivity index (χ4n) is 5.15. The zero-order chi connectivity index (χ0) is 23.1. The van der Waals surface area contributed by atoms with Crippen LogP contribution in [0.15, 0.2) is 48.9 Å². The van der Waals surface area contributed by atoms with Gasteiger partial charge >= 0.3 is 0 Å². The molecular formula is C26H29N7O. The maximum atomic E-state index is 5.60. The number of aromatic nitrogens is 6. The summed E-state index contributed by atoms with van der Waals surface area (Å²) in [6.07, 6.45) is 8.44. The highest BCUT2D eigenvalue weighted by Gasteiger charge is 2.27. The Bertz CT molecular complexity index is 1320. The zero-order valence-corrected chi connectivity index (χ0v) is 19.7. The lowest BCUT2D eigenvalue weighted by molar-refractivity contribution is 0.396. The van der Waals surface area contributed by atoms with Crippen LogP contribution < -0.4 is 9.64 Å². The molecule has 4 aromatic rings. The summed E-state index contributed by atoms with van der Waals surface area (Å²) < 4.78 is 9.58. The number of rotatable bonds is 5. The van der Waals surface area contributed by atoms with Crippen LogP contribution in [0.25, 0.3) is 17.2 Å². The number of aryl methyl sites for hydroxylation is 2. The molecule has 5 heterocycles. The fraction of sp³-hybridized carbons (Fsp3) is 0.385. The third kappa shape index (κ3) is 3.73. The van der Waals surface area contributed by atoms with Gasteiger partial charge in [0.05, 0.1) is 19.1 Å². The van der Waals surface area contributed by atoms with Crippen LogP contribution in [0.4, 0.5) is 5.69 Å². The second-order valence-corrected chi connectivity index (χ2v) is 9.15.